The summed E-state index contributed by atoms with van der Waals surface area (Å²) < 4.78 is 0. The van der Waals surface area contributed by atoms with E-state index in [2.05, 4.69) is 24.4 Å². The standard InChI is InChI=1S/C17H20N2OS/c1-13-5-2-3-6-16(13)21-12-4-7-17(20)19-15-10-8-14(18)9-11-15/h2-3,5-6,8-11H,4,7,12,18H2,1H3,(H,19,20). The van der Waals surface area contributed by atoms with Gasteiger partial charge in [-0.2, -0.15) is 0 Å². The summed E-state index contributed by atoms with van der Waals surface area (Å²) in [6.45, 7) is 2.11. The highest BCUT2D eigenvalue weighted by Crippen LogP contribution is 2.22. The van der Waals surface area contributed by atoms with Gasteiger partial charge in [0.15, 0.2) is 0 Å². The van der Waals surface area contributed by atoms with E-state index >= 15 is 0 Å². The smallest absolute Gasteiger partial charge is 0.224 e. The van der Waals surface area contributed by atoms with Crippen LogP contribution in [-0.2, 0) is 4.79 Å². The van der Waals surface area contributed by atoms with E-state index in [4.69, 9.17) is 5.73 Å². The molecule has 0 radical (unpaired) electrons. The first-order chi connectivity index (χ1) is 10.1. The molecule has 21 heavy (non-hydrogen) atoms. The summed E-state index contributed by atoms with van der Waals surface area (Å²) in [6, 6.07) is 15.5. The monoisotopic (exact) mass is 300 g/mol. The average Bonchev–Trinajstić information content (AvgIpc) is 2.48. The highest BCUT2D eigenvalue weighted by Gasteiger charge is 2.03. The van der Waals surface area contributed by atoms with Crippen LogP contribution in [0.25, 0.3) is 0 Å². The second kappa shape index (κ2) is 7.74. The number of aryl methyl sites for hydroxylation is 1. The molecule has 3 nitrogen and oxygen atoms in total. The zero-order chi connectivity index (χ0) is 15.1. The van der Waals surface area contributed by atoms with Crippen LogP contribution in [0.4, 0.5) is 11.4 Å². The Morgan fingerprint density at radius 1 is 1.14 bits per heavy atom. The number of carbonyl (C=O) groups excluding carboxylic acids is 1. The minimum absolute atomic E-state index is 0.0464. The summed E-state index contributed by atoms with van der Waals surface area (Å²) in [7, 11) is 0. The van der Waals surface area contributed by atoms with E-state index in [0.29, 0.717) is 12.1 Å². The molecule has 0 fully saturated rings. The van der Waals surface area contributed by atoms with Crippen LogP contribution in [0.3, 0.4) is 0 Å². The molecule has 0 bridgehead atoms. The minimum atomic E-state index is 0.0464. The quantitative estimate of drug-likeness (QED) is 0.480. The van der Waals surface area contributed by atoms with E-state index in [0.717, 1.165) is 17.9 Å². The highest BCUT2D eigenvalue weighted by molar-refractivity contribution is 7.99. The lowest BCUT2D eigenvalue weighted by molar-refractivity contribution is -0.116. The zero-order valence-electron chi connectivity index (χ0n) is 12.1. The second-order valence-corrected chi connectivity index (χ2v) is 6.02. The van der Waals surface area contributed by atoms with Gasteiger partial charge in [-0.1, -0.05) is 18.2 Å². The van der Waals surface area contributed by atoms with Gasteiger partial charge in [0.05, 0.1) is 0 Å². The second-order valence-electron chi connectivity index (χ2n) is 4.89. The van der Waals surface area contributed by atoms with Crippen LogP contribution in [-0.4, -0.2) is 11.7 Å². The van der Waals surface area contributed by atoms with E-state index in [1.165, 1.54) is 10.5 Å². The number of hydrogen-bond acceptors (Lipinski definition) is 3. The molecule has 0 aliphatic heterocycles. The van der Waals surface area contributed by atoms with Crippen LogP contribution in [0.15, 0.2) is 53.4 Å². The largest absolute Gasteiger partial charge is 0.399 e. The topological polar surface area (TPSA) is 55.1 Å². The van der Waals surface area contributed by atoms with E-state index in [1.807, 2.05) is 24.3 Å². The van der Waals surface area contributed by atoms with Crippen molar-refractivity contribution in [2.75, 3.05) is 16.8 Å². The van der Waals surface area contributed by atoms with E-state index in [-0.39, 0.29) is 5.91 Å². The number of amides is 1. The molecule has 0 spiro atoms. The Labute approximate surface area is 129 Å². The highest BCUT2D eigenvalue weighted by atomic mass is 32.2. The first-order valence-corrected chi connectivity index (χ1v) is 7.97. The van der Waals surface area contributed by atoms with Gasteiger partial charge in [-0.25, -0.2) is 0 Å². The number of rotatable bonds is 6. The SMILES string of the molecule is Cc1ccccc1SCCCC(=O)Nc1ccc(N)cc1. The zero-order valence-corrected chi connectivity index (χ0v) is 13.0. The molecular formula is C17H20N2OS. The Kier molecular flexibility index (Phi) is 5.69. The van der Waals surface area contributed by atoms with Crippen molar-refractivity contribution in [3.05, 3.63) is 54.1 Å². The maximum absolute atomic E-state index is 11.8. The fourth-order valence-corrected chi connectivity index (χ4v) is 2.90. The van der Waals surface area contributed by atoms with Crippen molar-refractivity contribution in [3.8, 4) is 0 Å². The van der Waals surface area contributed by atoms with Crippen LogP contribution < -0.4 is 11.1 Å². The lowest BCUT2D eigenvalue weighted by Crippen LogP contribution is -2.11. The number of benzene rings is 2. The van der Waals surface area contributed by atoms with Gasteiger partial charge in [0.25, 0.3) is 0 Å². The van der Waals surface area contributed by atoms with Gasteiger partial charge in [-0.3, -0.25) is 4.79 Å². The van der Waals surface area contributed by atoms with Crippen LogP contribution >= 0.6 is 11.8 Å². The van der Waals surface area contributed by atoms with Gasteiger partial charge in [0.2, 0.25) is 5.91 Å². The van der Waals surface area contributed by atoms with Crippen LogP contribution in [0.5, 0.6) is 0 Å². The Bertz CT molecular complexity index is 596. The molecule has 4 heteroatoms. The van der Waals surface area contributed by atoms with Crippen molar-refractivity contribution < 1.29 is 4.79 Å². The van der Waals surface area contributed by atoms with Gasteiger partial charge in [0.1, 0.15) is 0 Å². The lowest BCUT2D eigenvalue weighted by Gasteiger charge is -2.06. The maximum atomic E-state index is 11.8. The van der Waals surface area contributed by atoms with Crippen LogP contribution in [0.2, 0.25) is 0 Å². The molecule has 0 saturated carbocycles. The average molecular weight is 300 g/mol. The van der Waals surface area contributed by atoms with E-state index < -0.39 is 0 Å². The van der Waals surface area contributed by atoms with E-state index in [1.54, 1.807) is 23.9 Å². The molecule has 3 N–H and O–H groups in total. The Morgan fingerprint density at radius 2 is 1.86 bits per heavy atom. The molecule has 2 rings (SSSR count). The number of anilines is 2. The summed E-state index contributed by atoms with van der Waals surface area (Å²) in [4.78, 5) is 13.1. The predicted octanol–water partition coefficient (Wildman–Crippen LogP) is 4.09. The van der Waals surface area contributed by atoms with Gasteiger partial charge >= 0.3 is 0 Å². The van der Waals surface area contributed by atoms with Crippen molar-refractivity contribution in [3.63, 3.8) is 0 Å². The van der Waals surface area contributed by atoms with E-state index in [9.17, 15) is 4.79 Å². The third kappa shape index (κ3) is 5.16. The fraction of sp³-hybridized carbons (Fsp3) is 0.235. The van der Waals surface area contributed by atoms with Gasteiger partial charge in [0, 0.05) is 22.7 Å². The number of hydrogen-bond donors (Lipinski definition) is 2. The molecule has 0 aromatic heterocycles. The van der Waals surface area contributed by atoms with Crippen LogP contribution in [0.1, 0.15) is 18.4 Å². The molecule has 1 amide bonds. The molecule has 0 atom stereocenters. The normalized spacial score (nSPS) is 10.3. The van der Waals surface area contributed by atoms with Crippen molar-refractivity contribution in [1.29, 1.82) is 0 Å². The van der Waals surface area contributed by atoms with Gasteiger partial charge < -0.3 is 11.1 Å². The molecule has 110 valence electrons. The summed E-state index contributed by atoms with van der Waals surface area (Å²) in [5.74, 6) is 0.991. The van der Waals surface area contributed by atoms with Crippen molar-refractivity contribution in [2.45, 2.75) is 24.7 Å². The first-order valence-electron chi connectivity index (χ1n) is 6.99. The molecule has 0 saturated heterocycles. The molecule has 0 unspecified atom stereocenters. The number of carbonyl (C=O) groups is 1. The molecule has 2 aromatic carbocycles. The number of nitrogen functional groups attached to an aromatic ring is 1. The first kappa shape index (κ1) is 15.4. The third-order valence-corrected chi connectivity index (χ3v) is 4.36. The Hall–Kier alpha value is -1.94. The number of nitrogens with two attached hydrogens (primary N) is 1. The molecule has 2 aromatic rings. The lowest BCUT2D eigenvalue weighted by atomic mass is 10.2. The molecule has 0 aliphatic rings. The minimum Gasteiger partial charge on any atom is -0.399 e. The van der Waals surface area contributed by atoms with Crippen LogP contribution in [0, 0.1) is 6.92 Å². The van der Waals surface area contributed by atoms with Crippen molar-refractivity contribution in [2.24, 2.45) is 0 Å². The van der Waals surface area contributed by atoms with Crippen molar-refractivity contribution >= 4 is 29.0 Å². The predicted molar refractivity (Wildman–Crippen MR) is 90.6 cm³/mol. The van der Waals surface area contributed by atoms with Gasteiger partial charge in [-0.15, -0.1) is 11.8 Å². The molecule has 0 heterocycles. The maximum Gasteiger partial charge on any atom is 0.224 e. The number of nitrogens with one attached hydrogen (secondary N) is 1. The number of thioether (sulfide) groups is 1. The van der Waals surface area contributed by atoms with Gasteiger partial charge in [-0.05, 0) is 55.0 Å². The fourth-order valence-electron chi connectivity index (χ4n) is 1.92. The summed E-state index contributed by atoms with van der Waals surface area (Å²) >= 11 is 1.80. The van der Waals surface area contributed by atoms with Crippen molar-refractivity contribution in [1.82, 2.24) is 0 Å². The Morgan fingerprint density at radius 3 is 2.57 bits per heavy atom. The molecule has 0 aliphatic carbocycles. The Balaban J connectivity index is 1.70. The molecular weight excluding hydrogens is 280 g/mol. The summed E-state index contributed by atoms with van der Waals surface area (Å²) in [5, 5.41) is 2.88. The summed E-state index contributed by atoms with van der Waals surface area (Å²) in [5.41, 5.74) is 8.38. The summed E-state index contributed by atoms with van der Waals surface area (Å²) in [6.07, 6.45) is 1.39. The third-order valence-electron chi connectivity index (χ3n) is 3.09.